The van der Waals surface area contributed by atoms with E-state index in [4.69, 9.17) is 4.74 Å². The summed E-state index contributed by atoms with van der Waals surface area (Å²) < 4.78 is 5.37. The van der Waals surface area contributed by atoms with Gasteiger partial charge in [0.2, 0.25) is 5.91 Å². The number of aromatic nitrogens is 1. The lowest BCUT2D eigenvalue weighted by Gasteiger charge is -2.22. The lowest BCUT2D eigenvalue weighted by Crippen LogP contribution is -2.34. The second kappa shape index (κ2) is 7.56. The van der Waals surface area contributed by atoms with Gasteiger partial charge in [-0.15, -0.1) is 0 Å². The third-order valence-electron chi connectivity index (χ3n) is 5.90. The number of methoxy groups -OCH3 is 1. The van der Waals surface area contributed by atoms with Crippen LogP contribution in [-0.4, -0.2) is 24.5 Å². The molecule has 1 unspecified atom stereocenters. The zero-order chi connectivity index (χ0) is 17.9. The number of amides is 1. The average Bonchev–Trinajstić information content (AvgIpc) is 3.05. The van der Waals surface area contributed by atoms with E-state index in [1.54, 1.807) is 7.11 Å². The highest BCUT2D eigenvalue weighted by molar-refractivity contribution is 5.88. The van der Waals surface area contributed by atoms with E-state index in [1.807, 2.05) is 6.07 Å². The normalized spacial score (nSPS) is 19.7. The van der Waals surface area contributed by atoms with Crippen molar-refractivity contribution in [3.8, 4) is 5.75 Å². The van der Waals surface area contributed by atoms with Crippen molar-refractivity contribution in [2.75, 3.05) is 13.7 Å². The number of carbonyl (C=O) groups excluding carboxylic acids is 1. The topological polar surface area (TPSA) is 54.1 Å². The molecule has 0 aliphatic heterocycles. The second-order valence-corrected chi connectivity index (χ2v) is 7.58. The fourth-order valence-corrected chi connectivity index (χ4v) is 4.37. The molecule has 0 saturated heterocycles. The minimum atomic E-state index is 0.0769. The number of aryl methyl sites for hydroxylation is 1. The van der Waals surface area contributed by atoms with Crippen molar-refractivity contribution < 1.29 is 9.53 Å². The molecular formula is C22H28N2O2. The Morgan fingerprint density at radius 2 is 2.23 bits per heavy atom. The monoisotopic (exact) mass is 352 g/mol. The first-order valence-corrected chi connectivity index (χ1v) is 9.87. The Bertz CT molecular complexity index is 834. The number of H-pyrrole nitrogens is 1. The number of hydrogen-bond acceptors (Lipinski definition) is 2. The van der Waals surface area contributed by atoms with Crippen molar-refractivity contribution in [1.29, 1.82) is 0 Å². The first kappa shape index (κ1) is 17.2. The quantitative estimate of drug-likeness (QED) is 0.789. The zero-order valence-electron chi connectivity index (χ0n) is 15.6. The molecule has 138 valence electrons. The molecule has 4 nitrogen and oxygen atoms in total. The van der Waals surface area contributed by atoms with Gasteiger partial charge in [0.1, 0.15) is 5.75 Å². The maximum atomic E-state index is 12.7. The molecule has 2 N–H and O–H groups in total. The van der Waals surface area contributed by atoms with Gasteiger partial charge in [0.25, 0.3) is 0 Å². The van der Waals surface area contributed by atoms with Crippen LogP contribution in [0.1, 0.15) is 49.8 Å². The van der Waals surface area contributed by atoms with Gasteiger partial charge in [-0.3, -0.25) is 4.79 Å². The number of nitrogens with one attached hydrogen (secondary N) is 2. The Morgan fingerprint density at radius 3 is 3.04 bits per heavy atom. The predicted molar refractivity (Wildman–Crippen MR) is 105 cm³/mol. The highest BCUT2D eigenvalue weighted by Crippen LogP contribution is 2.33. The van der Waals surface area contributed by atoms with E-state index in [9.17, 15) is 4.79 Å². The van der Waals surface area contributed by atoms with Crippen LogP contribution in [-0.2, 0) is 17.6 Å². The van der Waals surface area contributed by atoms with Gasteiger partial charge < -0.3 is 15.0 Å². The summed E-state index contributed by atoms with van der Waals surface area (Å²) in [7, 11) is 1.69. The summed E-state index contributed by atoms with van der Waals surface area (Å²) >= 11 is 0. The number of rotatable bonds is 5. The van der Waals surface area contributed by atoms with E-state index >= 15 is 0 Å². The summed E-state index contributed by atoms with van der Waals surface area (Å²) in [6.07, 6.45) is 11.1. The minimum absolute atomic E-state index is 0.0769. The number of fused-ring (bicyclic) bond motifs is 3. The second-order valence-electron chi connectivity index (χ2n) is 7.58. The SMILES string of the molecule is COc1ccc2[nH]c3c(c2c1)CC(C(=O)NCCC1=CCCCC1)CC3. The van der Waals surface area contributed by atoms with Crippen LogP contribution in [0.15, 0.2) is 29.8 Å². The van der Waals surface area contributed by atoms with Crippen molar-refractivity contribution in [2.45, 2.75) is 51.4 Å². The molecule has 4 rings (SSSR count). The van der Waals surface area contributed by atoms with Crippen LogP contribution in [0.3, 0.4) is 0 Å². The Kier molecular flexibility index (Phi) is 5.00. The van der Waals surface area contributed by atoms with Gasteiger partial charge in [0, 0.05) is 29.1 Å². The first-order valence-electron chi connectivity index (χ1n) is 9.87. The molecule has 1 atom stereocenters. The maximum absolute atomic E-state index is 12.7. The van der Waals surface area contributed by atoms with Crippen molar-refractivity contribution in [2.24, 2.45) is 5.92 Å². The number of carbonyl (C=O) groups is 1. The molecular weight excluding hydrogens is 324 g/mol. The molecule has 2 aliphatic carbocycles. The molecule has 4 heteroatoms. The molecule has 0 fully saturated rings. The first-order chi connectivity index (χ1) is 12.7. The van der Waals surface area contributed by atoms with Crippen LogP contribution in [0, 0.1) is 5.92 Å². The fourth-order valence-electron chi connectivity index (χ4n) is 4.37. The van der Waals surface area contributed by atoms with Crippen LogP contribution >= 0.6 is 0 Å². The van der Waals surface area contributed by atoms with Gasteiger partial charge in [-0.05, 0) is 75.1 Å². The van der Waals surface area contributed by atoms with Gasteiger partial charge >= 0.3 is 0 Å². The van der Waals surface area contributed by atoms with Crippen LogP contribution in [0.4, 0.5) is 0 Å². The summed E-state index contributed by atoms with van der Waals surface area (Å²) in [6, 6.07) is 6.13. The summed E-state index contributed by atoms with van der Waals surface area (Å²) in [5.41, 5.74) is 5.23. The van der Waals surface area contributed by atoms with Crippen molar-refractivity contribution in [3.63, 3.8) is 0 Å². The van der Waals surface area contributed by atoms with Gasteiger partial charge in [-0.25, -0.2) is 0 Å². The number of aromatic amines is 1. The molecule has 26 heavy (non-hydrogen) atoms. The van der Waals surface area contributed by atoms with Crippen molar-refractivity contribution in [3.05, 3.63) is 41.1 Å². The van der Waals surface area contributed by atoms with E-state index in [2.05, 4.69) is 28.5 Å². The van der Waals surface area contributed by atoms with E-state index in [0.717, 1.165) is 43.5 Å². The summed E-state index contributed by atoms with van der Waals surface area (Å²) in [5.74, 6) is 1.16. The number of benzene rings is 1. The Morgan fingerprint density at radius 1 is 1.31 bits per heavy atom. The van der Waals surface area contributed by atoms with Crippen molar-refractivity contribution >= 4 is 16.8 Å². The number of allylic oxidation sites excluding steroid dienone is 1. The maximum Gasteiger partial charge on any atom is 0.223 e. The highest BCUT2D eigenvalue weighted by atomic mass is 16.5. The fraction of sp³-hybridized carbons (Fsp3) is 0.500. The Hall–Kier alpha value is -2.23. The Balaban J connectivity index is 1.40. The third-order valence-corrected chi connectivity index (χ3v) is 5.90. The van der Waals surface area contributed by atoms with Crippen LogP contribution in [0.2, 0.25) is 0 Å². The Labute approximate surface area is 155 Å². The zero-order valence-corrected chi connectivity index (χ0v) is 15.6. The van der Waals surface area contributed by atoms with Crippen molar-refractivity contribution in [1.82, 2.24) is 10.3 Å². The van der Waals surface area contributed by atoms with Gasteiger partial charge in [-0.2, -0.15) is 0 Å². The van der Waals surface area contributed by atoms with E-state index in [1.165, 1.54) is 47.9 Å². The lowest BCUT2D eigenvalue weighted by atomic mass is 9.85. The molecule has 2 aromatic rings. The van der Waals surface area contributed by atoms with Crippen LogP contribution < -0.4 is 10.1 Å². The van der Waals surface area contributed by atoms with E-state index in [0.29, 0.717) is 0 Å². The molecule has 1 amide bonds. The minimum Gasteiger partial charge on any atom is -0.497 e. The lowest BCUT2D eigenvalue weighted by molar-refractivity contribution is -0.125. The molecule has 0 radical (unpaired) electrons. The molecule has 1 aromatic carbocycles. The smallest absolute Gasteiger partial charge is 0.223 e. The summed E-state index contributed by atoms with van der Waals surface area (Å²) in [6.45, 7) is 0.774. The molecule has 0 saturated carbocycles. The van der Waals surface area contributed by atoms with E-state index < -0.39 is 0 Å². The van der Waals surface area contributed by atoms with Crippen LogP contribution in [0.5, 0.6) is 5.75 Å². The largest absolute Gasteiger partial charge is 0.497 e. The number of hydrogen-bond donors (Lipinski definition) is 2. The molecule has 1 aromatic heterocycles. The summed E-state index contributed by atoms with van der Waals surface area (Å²) in [4.78, 5) is 16.2. The van der Waals surface area contributed by atoms with Gasteiger partial charge in [-0.1, -0.05) is 11.6 Å². The standard InChI is InChI=1S/C22H28N2O2/c1-26-17-8-10-21-19(14-17)18-13-16(7-9-20(18)24-21)22(25)23-12-11-15-5-3-2-4-6-15/h5,8,10,14,16,24H,2-4,6-7,9,11-13H2,1H3,(H,23,25). The molecule has 0 bridgehead atoms. The van der Waals surface area contributed by atoms with Gasteiger partial charge in [0.05, 0.1) is 7.11 Å². The molecule has 0 spiro atoms. The summed E-state index contributed by atoms with van der Waals surface area (Å²) in [5, 5.41) is 4.38. The predicted octanol–water partition coefficient (Wildman–Crippen LogP) is 4.29. The third kappa shape index (κ3) is 3.50. The van der Waals surface area contributed by atoms with Crippen LogP contribution in [0.25, 0.3) is 10.9 Å². The molecule has 1 heterocycles. The molecule has 2 aliphatic rings. The highest BCUT2D eigenvalue weighted by Gasteiger charge is 2.27. The number of ether oxygens (including phenoxy) is 1. The van der Waals surface area contributed by atoms with Gasteiger partial charge in [0.15, 0.2) is 0 Å². The average molecular weight is 352 g/mol. The van der Waals surface area contributed by atoms with E-state index in [-0.39, 0.29) is 11.8 Å².